The largest absolute Gasteiger partial charge is 0.494 e. The third-order valence-corrected chi connectivity index (χ3v) is 4.32. The van der Waals surface area contributed by atoms with E-state index in [9.17, 15) is 9.90 Å². The molecule has 0 aliphatic carbocycles. The molecule has 0 aliphatic rings. The van der Waals surface area contributed by atoms with Crippen molar-refractivity contribution >= 4 is 29.5 Å². The van der Waals surface area contributed by atoms with Gasteiger partial charge in [-0.25, -0.2) is 0 Å². The van der Waals surface area contributed by atoms with Gasteiger partial charge in [0.1, 0.15) is 6.54 Å². The zero-order valence-electron chi connectivity index (χ0n) is 9.97. The second kappa shape index (κ2) is 6.16. The number of aromatic hydroxyl groups is 1. The smallest absolute Gasteiger partial charge is 0.323 e. The summed E-state index contributed by atoms with van der Waals surface area (Å²) in [5.74, 6) is -0.468. The molecule has 1 heterocycles. The van der Waals surface area contributed by atoms with E-state index in [0.29, 0.717) is 9.87 Å². The number of carboxylic acids is 1. The van der Waals surface area contributed by atoms with Crippen LogP contribution in [0.25, 0.3) is 0 Å². The van der Waals surface area contributed by atoms with E-state index in [2.05, 4.69) is 13.8 Å². The maximum Gasteiger partial charge on any atom is 0.323 e. The molecule has 2 N–H and O–H groups in total. The second-order valence-corrected chi connectivity index (χ2v) is 5.71. The lowest BCUT2D eigenvalue weighted by Gasteiger charge is -2.10. The van der Waals surface area contributed by atoms with Crippen LogP contribution < -0.4 is 0 Å². The van der Waals surface area contributed by atoms with Gasteiger partial charge in [0, 0.05) is 0 Å². The molecule has 0 aliphatic heterocycles. The Morgan fingerprint density at radius 3 is 2.53 bits per heavy atom. The van der Waals surface area contributed by atoms with Crippen molar-refractivity contribution in [1.29, 1.82) is 0 Å². The zero-order chi connectivity index (χ0) is 13.0. The number of hydrogen-bond acceptors (Lipinski definition) is 4. The number of thiazole rings is 1. The fourth-order valence-electron chi connectivity index (χ4n) is 1.69. The van der Waals surface area contributed by atoms with Gasteiger partial charge in [0.25, 0.3) is 0 Å². The van der Waals surface area contributed by atoms with Crippen LogP contribution in [-0.4, -0.2) is 20.7 Å². The summed E-state index contributed by atoms with van der Waals surface area (Å²) in [5, 5.41) is 18.7. The quantitative estimate of drug-likeness (QED) is 0.783. The fraction of sp³-hybridized carbons (Fsp3) is 0.636. The van der Waals surface area contributed by atoms with Crippen molar-refractivity contribution in [3.8, 4) is 5.88 Å². The van der Waals surface area contributed by atoms with Gasteiger partial charge in [0.15, 0.2) is 3.95 Å². The number of hydrogen-bond donors (Lipinski definition) is 2. The molecule has 0 aromatic carbocycles. The lowest BCUT2D eigenvalue weighted by atomic mass is 9.99. The van der Waals surface area contributed by atoms with Crippen molar-refractivity contribution in [2.24, 2.45) is 5.92 Å². The van der Waals surface area contributed by atoms with E-state index in [0.717, 1.165) is 24.1 Å². The maximum atomic E-state index is 10.6. The topological polar surface area (TPSA) is 62.5 Å². The van der Waals surface area contributed by atoms with E-state index in [-0.39, 0.29) is 12.4 Å². The Morgan fingerprint density at radius 1 is 1.47 bits per heavy atom. The summed E-state index contributed by atoms with van der Waals surface area (Å²) in [7, 11) is 0. The standard InChI is InChI=1S/C11H17NO3S2/c1-3-7(4-2)5-8-10(15)12(6-9(13)14)11(16)17-8/h7,15H,3-6H2,1-2H3,(H,13,14). The first-order valence-corrected chi connectivity index (χ1v) is 6.85. The summed E-state index contributed by atoms with van der Waals surface area (Å²) >= 11 is 6.37. The summed E-state index contributed by atoms with van der Waals surface area (Å²) in [6, 6.07) is 0. The summed E-state index contributed by atoms with van der Waals surface area (Å²) in [6.07, 6.45) is 2.85. The van der Waals surface area contributed by atoms with Gasteiger partial charge in [-0.2, -0.15) is 0 Å². The summed E-state index contributed by atoms with van der Waals surface area (Å²) in [5.41, 5.74) is 0. The lowest BCUT2D eigenvalue weighted by Crippen LogP contribution is -2.08. The maximum absolute atomic E-state index is 10.6. The molecule has 1 aromatic rings. The molecular weight excluding hydrogens is 258 g/mol. The molecule has 0 spiro atoms. The molecule has 0 unspecified atom stereocenters. The van der Waals surface area contributed by atoms with E-state index in [1.165, 1.54) is 15.9 Å². The Hall–Kier alpha value is -0.880. The Bertz CT molecular complexity index is 446. The first-order chi connectivity index (χ1) is 7.99. The monoisotopic (exact) mass is 275 g/mol. The zero-order valence-corrected chi connectivity index (χ0v) is 11.6. The van der Waals surface area contributed by atoms with E-state index < -0.39 is 5.97 Å². The first kappa shape index (κ1) is 14.2. The summed E-state index contributed by atoms with van der Waals surface area (Å²) < 4.78 is 1.70. The molecule has 0 saturated heterocycles. The average molecular weight is 275 g/mol. The molecule has 6 heteroatoms. The second-order valence-electron chi connectivity index (χ2n) is 3.98. The SMILES string of the molecule is CCC(CC)Cc1sc(=S)n(CC(=O)O)c1O. The van der Waals surface area contributed by atoms with Crippen LogP contribution in [0.3, 0.4) is 0 Å². The molecular formula is C11H17NO3S2. The minimum Gasteiger partial charge on any atom is -0.494 e. The van der Waals surface area contributed by atoms with Gasteiger partial charge in [-0.1, -0.05) is 26.7 Å². The van der Waals surface area contributed by atoms with Gasteiger partial charge < -0.3 is 10.2 Å². The van der Waals surface area contributed by atoms with Crippen LogP contribution in [0.15, 0.2) is 0 Å². The molecule has 0 fully saturated rings. The van der Waals surface area contributed by atoms with Crippen molar-refractivity contribution in [3.05, 3.63) is 8.83 Å². The number of carboxylic acid groups (broad SMARTS) is 1. The molecule has 0 atom stereocenters. The van der Waals surface area contributed by atoms with Crippen molar-refractivity contribution in [2.75, 3.05) is 0 Å². The van der Waals surface area contributed by atoms with Crippen molar-refractivity contribution in [2.45, 2.75) is 39.7 Å². The van der Waals surface area contributed by atoms with E-state index in [4.69, 9.17) is 17.3 Å². The van der Waals surface area contributed by atoms with Crippen LogP contribution in [0, 0.1) is 9.87 Å². The summed E-state index contributed by atoms with van der Waals surface area (Å²) in [6.45, 7) is 3.95. The predicted molar refractivity (Wildman–Crippen MR) is 70.2 cm³/mol. The highest BCUT2D eigenvalue weighted by atomic mass is 32.1. The van der Waals surface area contributed by atoms with Crippen LogP contribution in [0.4, 0.5) is 0 Å². The average Bonchev–Trinajstić information content (AvgIpc) is 2.53. The highest BCUT2D eigenvalue weighted by Crippen LogP contribution is 2.30. The van der Waals surface area contributed by atoms with E-state index in [1.54, 1.807) is 0 Å². The van der Waals surface area contributed by atoms with Gasteiger partial charge in [-0.3, -0.25) is 9.36 Å². The summed E-state index contributed by atoms with van der Waals surface area (Å²) in [4.78, 5) is 11.4. The van der Waals surface area contributed by atoms with Crippen LogP contribution >= 0.6 is 23.6 Å². The minimum absolute atomic E-state index is 0.0225. The van der Waals surface area contributed by atoms with Gasteiger partial charge in [0.05, 0.1) is 4.88 Å². The number of aliphatic carboxylic acids is 1. The van der Waals surface area contributed by atoms with Crippen LogP contribution in [0.1, 0.15) is 31.6 Å². The number of carbonyl (C=O) groups is 1. The van der Waals surface area contributed by atoms with Crippen molar-refractivity contribution in [3.63, 3.8) is 0 Å². The predicted octanol–water partition coefficient (Wildman–Crippen LogP) is 3.05. The molecule has 96 valence electrons. The van der Waals surface area contributed by atoms with Gasteiger partial charge in [-0.15, -0.1) is 11.3 Å². The molecule has 4 nitrogen and oxygen atoms in total. The van der Waals surface area contributed by atoms with E-state index in [1.807, 2.05) is 0 Å². The van der Waals surface area contributed by atoms with Gasteiger partial charge >= 0.3 is 5.97 Å². The number of aromatic nitrogens is 1. The lowest BCUT2D eigenvalue weighted by molar-refractivity contribution is -0.137. The first-order valence-electron chi connectivity index (χ1n) is 5.62. The minimum atomic E-state index is -0.997. The molecule has 0 radical (unpaired) electrons. The molecule has 1 aromatic heterocycles. The third kappa shape index (κ3) is 3.54. The third-order valence-electron chi connectivity index (χ3n) is 2.86. The highest BCUT2D eigenvalue weighted by Gasteiger charge is 2.16. The fourth-order valence-corrected chi connectivity index (χ4v) is 3.14. The normalized spacial score (nSPS) is 11.0. The van der Waals surface area contributed by atoms with E-state index >= 15 is 0 Å². The molecule has 1 rings (SSSR count). The molecule has 17 heavy (non-hydrogen) atoms. The Balaban J connectivity index is 2.95. The van der Waals surface area contributed by atoms with Gasteiger partial charge in [0.2, 0.25) is 5.88 Å². The Kier molecular flexibility index (Phi) is 5.14. The molecule has 0 bridgehead atoms. The van der Waals surface area contributed by atoms with Crippen molar-refractivity contribution < 1.29 is 15.0 Å². The number of nitrogens with zero attached hydrogens (tertiary/aromatic N) is 1. The van der Waals surface area contributed by atoms with Crippen molar-refractivity contribution in [1.82, 2.24) is 4.57 Å². The van der Waals surface area contributed by atoms with Gasteiger partial charge in [-0.05, 0) is 24.6 Å². The molecule has 0 saturated carbocycles. The Labute approximate surface area is 110 Å². The molecule has 0 amide bonds. The van der Waals surface area contributed by atoms with Crippen LogP contribution in [0.5, 0.6) is 5.88 Å². The van der Waals surface area contributed by atoms with Crippen LogP contribution in [-0.2, 0) is 17.8 Å². The number of rotatable bonds is 6. The Morgan fingerprint density at radius 2 is 2.06 bits per heavy atom. The van der Waals surface area contributed by atoms with Crippen LogP contribution in [0.2, 0.25) is 0 Å². The highest BCUT2D eigenvalue weighted by molar-refractivity contribution is 7.73.